The van der Waals surface area contributed by atoms with Crippen molar-refractivity contribution in [2.24, 2.45) is 0 Å². The first-order chi connectivity index (χ1) is 11.9. The van der Waals surface area contributed by atoms with Crippen LogP contribution in [0.3, 0.4) is 0 Å². The first-order valence-electron chi connectivity index (χ1n) is 8.51. The lowest BCUT2D eigenvalue weighted by atomic mass is 9.88. The summed E-state index contributed by atoms with van der Waals surface area (Å²) in [6, 6.07) is 19.4. The highest BCUT2D eigenvalue weighted by molar-refractivity contribution is 7.91. The molecule has 0 bridgehead atoms. The Bertz CT molecular complexity index is 734. The standard InChI is InChI=1S/C20H25NO3S/c1-3-25(23,24)15-16(2)21-20(22)14-19(17-10-6-4-7-11-17)18-12-8-5-9-13-18/h4-13,16,19H,3,14-15H2,1-2H3,(H,21,22). The molecule has 5 heteroatoms. The molecule has 0 heterocycles. The molecule has 25 heavy (non-hydrogen) atoms. The van der Waals surface area contributed by atoms with Crippen molar-refractivity contribution in [3.8, 4) is 0 Å². The second kappa shape index (κ2) is 8.81. The average Bonchev–Trinajstić information content (AvgIpc) is 2.60. The van der Waals surface area contributed by atoms with Crippen LogP contribution in [0.15, 0.2) is 60.7 Å². The van der Waals surface area contributed by atoms with Crippen molar-refractivity contribution in [2.75, 3.05) is 11.5 Å². The molecule has 0 saturated heterocycles. The molecule has 2 rings (SSSR count). The van der Waals surface area contributed by atoms with Gasteiger partial charge in [0.1, 0.15) is 0 Å². The molecule has 1 amide bonds. The van der Waals surface area contributed by atoms with Crippen molar-refractivity contribution in [3.05, 3.63) is 71.8 Å². The smallest absolute Gasteiger partial charge is 0.221 e. The van der Waals surface area contributed by atoms with Gasteiger partial charge in [-0.3, -0.25) is 4.79 Å². The molecular weight excluding hydrogens is 334 g/mol. The van der Waals surface area contributed by atoms with E-state index in [-0.39, 0.29) is 29.8 Å². The summed E-state index contributed by atoms with van der Waals surface area (Å²) in [5.74, 6) is -0.144. The van der Waals surface area contributed by atoms with Gasteiger partial charge in [-0.05, 0) is 18.1 Å². The normalized spacial score (nSPS) is 12.8. The largest absolute Gasteiger partial charge is 0.353 e. The predicted molar refractivity (Wildman–Crippen MR) is 101 cm³/mol. The topological polar surface area (TPSA) is 63.2 Å². The number of hydrogen-bond acceptors (Lipinski definition) is 3. The minimum Gasteiger partial charge on any atom is -0.353 e. The van der Waals surface area contributed by atoms with Gasteiger partial charge in [0.15, 0.2) is 9.84 Å². The minimum atomic E-state index is -3.11. The van der Waals surface area contributed by atoms with Crippen molar-refractivity contribution in [1.82, 2.24) is 5.32 Å². The highest BCUT2D eigenvalue weighted by Crippen LogP contribution is 2.27. The average molecular weight is 359 g/mol. The van der Waals surface area contributed by atoms with E-state index in [4.69, 9.17) is 0 Å². The Morgan fingerprint density at radius 2 is 1.44 bits per heavy atom. The number of hydrogen-bond donors (Lipinski definition) is 1. The van der Waals surface area contributed by atoms with Gasteiger partial charge < -0.3 is 5.32 Å². The Morgan fingerprint density at radius 3 is 1.88 bits per heavy atom. The molecule has 1 N–H and O–H groups in total. The zero-order valence-corrected chi connectivity index (χ0v) is 15.5. The van der Waals surface area contributed by atoms with Crippen molar-refractivity contribution in [3.63, 3.8) is 0 Å². The molecule has 0 aliphatic heterocycles. The number of carbonyl (C=O) groups excluding carboxylic acids is 1. The van der Waals surface area contributed by atoms with E-state index in [1.165, 1.54) is 0 Å². The molecule has 0 aliphatic carbocycles. The maximum absolute atomic E-state index is 12.5. The molecule has 0 aromatic heterocycles. The van der Waals surface area contributed by atoms with Crippen LogP contribution in [0.5, 0.6) is 0 Å². The van der Waals surface area contributed by atoms with Crippen LogP contribution in [0.4, 0.5) is 0 Å². The van der Waals surface area contributed by atoms with Crippen LogP contribution in [0.1, 0.15) is 37.3 Å². The van der Waals surface area contributed by atoms with Crippen LogP contribution in [-0.2, 0) is 14.6 Å². The van der Waals surface area contributed by atoms with Gasteiger partial charge in [0, 0.05) is 24.1 Å². The SMILES string of the molecule is CCS(=O)(=O)CC(C)NC(=O)CC(c1ccccc1)c1ccccc1. The second-order valence-corrected chi connectivity index (χ2v) is 8.64. The van der Waals surface area contributed by atoms with E-state index in [9.17, 15) is 13.2 Å². The van der Waals surface area contributed by atoms with Crippen LogP contribution in [0.2, 0.25) is 0 Å². The highest BCUT2D eigenvalue weighted by Gasteiger charge is 2.20. The van der Waals surface area contributed by atoms with E-state index in [1.807, 2.05) is 60.7 Å². The van der Waals surface area contributed by atoms with Crippen molar-refractivity contribution in [1.29, 1.82) is 0 Å². The van der Waals surface area contributed by atoms with E-state index < -0.39 is 15.9 Å². The van der Waals surface area contributed by atoms with Gasteiger partial charge in [0.25, 0.3) is 0 Å². The van der Waals surface area contributed by atoms with Gasteiger partial charge in [0.05, 0.1) is 5.75 Å². The quantitative estimate of drug-likeness (QED) is 0.787. The van der Waals surface area contributed by atoms with Crippen molar-refractivity contribution >= 4 is 15.7 Å². The Balaban J connectivity index is 2.11. The van der Waals surface area contributed by atoms with Crippen LogP contribution >= 0.6 is 0 Å². The van der Waals surface area contributed by atoms with Crippen LogP contribution < -0.4 is 5.32 Å². The summed E-state index contributed by atoms with van der Waals surface area (Å²) >= 11 is 0. The summed E-state index contributed by atoms with van der Waals surface area (Å²) in [7, 11) is -3.11. The zero-order chi connectivity index (χ0) is 18.3. The first kappa shape index (κ1) is 19.2. The number of carbonyl (C=O) groups is 1. The summed E-state index contributed by atoms with van der Waals surface area (Å²) in [5, 5.41) is 2.82. The van der Waals surface area contributed by atoms with E-state index in [0.717, 1.165) is 11.1 Å². The number of rotatable bonds is 8. The van der Waals surface area contributed by atoms with Gasteiger partial charge >= 0.3 is 0 Å². The molecule has 2 aromatic carbocycles. The lowest BCUT2D eigenvalue weighted by Gasteiger charge is -2.20. The minimum absolute atomic E-state index is 0.0312. The van der Waals surface area contributed by atoms with Crippen molar-refractivity contribution < 1.29 is 13.2 Å². The number of sulfone groups is 1. The van der Waals surface area contributed by atoms with Gasteiger partial charge in [-0.25, -0.2) is 8.42 Å². The summed E-state index contributed by atoms with van der Waals surface area (Å²) in [4.78, 5) is 12.5. The molecular formula is C20H25NO3S. The Kier molecular flexibility index (Phi) is 6.76. The molecule has 0 fully saturated rings. The highest BCUT2D eigenvalue weighted by atomic mass is 32.2. The fraction of sp³-hybridized carbons (Fsp3) is 0.350. The van der Waals surface area contributed by atoms with E-state index in [1.54, 1.807) is 13.8 Å². The molecule has 1 atom stereocenters. The maximum atomic E-state index is 12.5. The molecule has 4 nitrogen and oxygen atoms in total. The van der Waals surface area contributed by atoms with Crippen LogP contribution in [0, 0.1) is 0 Å². The van der Waals surface area contributed by atoms with Crippen LogP contribution in [0.25, 0.3) is 0 Å². The third kappa shape index (κ3) is 6.02. The zero-order valence-electron chi connectivity index (χ0n) is 14.7. The monoisotopic (exact) mass is 359 g/mol. The number of benzene rings is 2. The Hall–Kier alpha value is -2.14. The maximum Gasteiger partial charge on any atom is 0.221 e. The fourth-order valence-electron chi connectivity index (χ4n) is 2.86. The second-order valence-electron chi connectivity index (χ2n) is 6.25. The molecule has 1 unspecified atom stereocenters. The lowest BCUT2D eigenvalue weighted by Crippen LogP contribution is -2.38. The van der Waals surface area contributed by atoms with Gasteiger partial charge in [0.2, 0.25) is 5.91 Å². The van der Waals surface area contributed by atoms with E-state index in [2.05, 4.69) is 5.32 Å². The number of amides is 1. The molecule has 134 valence electrons. The third-order valence-corrected chi connectivity index (χ3v) is 6.03. The van der Waals surface area contributed by atoms with Gasteiger partial charge in [-0.1, -0.05) is 67.6 Å². The van der Waals surface area contributed by atoms with Gasteiger partial charge in [-0.15, -0.1) is 0 Å². The summed E-state index contributed by atoms with van der Waals surface area (Å²) in [5.41, 5.74) is 2.13. The molecule has 0 spiro atoms. The van der Waals surface area contributed by atoms with Crippen LogP contribution in [-0.4, -0.2) is 31.9 Å². The first-order valence-corrected chi connectivity index (χ1v) is 10.3. The summed E-state index contributed by atoms with van der Waals surface area (Å²) in [6.07, 6.45) is 0.282. The number of nitrogens with one attached hydrogen (secondary N) is 1. The molecule has 0 saturated carbocycles. The molecule has 0 aliphatic rings. The Morgan fingerprint density at radius 1 is 0.960 bits per heavy atom. The van der Waals surface area contributed by atoms with E-state index in [0.29, 0.717) is 0 Å². The molecule has 2 aromatic rings. The van der Waals surface area contributed by atoms with Crippen molar-refractivity contribution in [2.45, 2.75) is 32.2 Å². The predicted octanol–water partition coefficient (Wildman–Crippen LogP) is 3.15. The van der Waals surface area contributed by atoms with E-state index >= 15 is 0 Å². The lowest BCUT2D eigenvalue weighted by molar-refractivity contribution is -0.121. The Labute approximate surface area is 150 Å². The molecule has 0 radical (unpaired) electrons. The fourth-order valence-corrected chi connectivity index (χ4v) is 3.94. The van der Waals surface area contributed by atoms with Gasteiger partial charge in [-0.2, -0.15) is 0 Å². The summed E-state index contributed by atoms with van der Waals surface area (Å²) < 4.78 is 23.4. The summed E-state index contributed by atoms with van der Waals surface area (Å²) in [6.45, 7) is 3.34. The third-order valence-electron chi connectivity index (χ3n) is 4.14.